The number of nitrogens with zero attached hydrogens (tertiary/aromatic N) is 5. The minimum Gasteiger partial charge on any atom is -0.494 e. The molecule has 3 heterocycles. The third-order valence-electron chi connectivity index (χ3n) is 7.02. The molecule has 0 unspecified atom stereocenters. The van der Waals surface area contributed by atoms with Crippen molar-refractivity contribution in [2.75, 3.05) is 82.5 Å². The van der Waals surface area contributed by atoms with Crippen molar-refractivity contribution in [3.05, 3.63) is 48.8 Å². The molecule has 5 rings (SSSR count). The van der Waals surface area contributed by atoms with Gasteiger partial charge in [0.25, 0.3) is 0 Å². The third-order valence-corrected chi connectivity index (χ3v) is 7.02. The molecular formula is C29H38N6O4. The molecule has 3 aromatic rings. The van der Waals surface area contributed by atoms with Gasteiger partial charge in [-0.25, -0.2) is 14.8 Å². The Hall–Kier alpha value is -3.63. The van der Waals surface area contributed by atoms with Crippen LogP contribution in [0.5, 0.6) is 11.5 Å². The highest BCUT2D eigenvalue weighted by Crippen LogP contribution is 2.27. The summed E-state index contributed by atoms with van der Waals surface area (Å²) in [4.78, 5) is 28.4. The van der Waals surface area contributed by atoms with Gasteiger partial charge in [-0.1, -0.05) is 6.92 Å². The number of fused-ring (bicyclic) bond motifs is 1. The van der Waals surface area contributed by atoms with Crippen LogP contribution in [0.25, 0.3) is 10.9 Å². The molecule has 2 aliphatic rings. The topological polar surface area (TPSA) is 92.3 Å². The van der Waals surface area contributed by atoms with Crippen LogP contribution in [0, 0.1) is 0 Å². The Balaban J connectivity index is 1.12. The summed E-state index contributed by atoms with van der Waals surface area (Å²) >= 11 is 0. The molecule has 0 radical (unpaired) electrons. The number of morpholine rings is 1. The summed E-state index contributed by atoms with van der Waals surface area (Å²) in [7, 11) is 0. The van der Waals surface area contributed by atoms with E-state index in [2.05, 4.69) is 32.0 Å². The number of rotatable bonds is 10. The van der Waals surface area contributed by atoms with Crippen LogP contribution in [0.2, 0.25) is 0 Å². The fraction of sp³-hybridized carbons (Fsp3) is 0.483. The molecule has 0 saturated carbocycles. The van der Waals surface area contributed by atoms with Crippen LogP contribution in [-0.4, -0.2) is 98.0 Å². The van der Waals surface area contributed by atoms with Crippen molar-refractivity contribution in [3.8, 4) is 11.5 Å². The van der Waals surface area contributed by atoms with Crippen molar-refractivity contribution in [1.82, 2.24) is 19.8 Å². The number of anilines is 2. The van der Waals surface area contributed by atoms with Gasteiger partial charge >= 0.3 is 6.03 Å². The number of piperazine rings is 1. The number of urea groups is 1. The molecule has 10 nitrogen and oxygen atoms in total. The fourth-order valence-electron chi connectivity index (χ4n) is 4.85. The van der Waals surface area contributed by atoms with Crippen molar-refractivity contribution < 1.29 is 19.0 Å². The summed E-state index contributed by atoms with van der Waals surface area (Å²) in [6.45, 7) is 10.7. The summed E-state index contributed by atoms with van der Waals surface area (Å²) in [5.74, 6) is 2.52. The third kappa shape index (κ3) is 7.27. The Bertz CT molecular complexity index is 1210. The summed E-state index contributed by atoms with van der Waals surface area (Å²) in [6, 6.07) is 13.4. The quantitative estimate of drug-likeness (QED) is 0.392. The number of hydrogen-bond donors (Lipinski definition) is 1. The number of aromatic nitrogens is 2. The highest BCUT2D eigenvalue weighted by atomic mass is 16.5. The number of carbonyl (C=O) groups is 1. The van der Waals surface area contributed by atoms with E-state index in [1.54, 1.807) is 6.33 Å². The van der Waals surface area contributed by atoms with Crippen LogP contribution >= 0.6 is 0 Å². The van der Waals surface area contributed by atoms with Crippen molar-refractivity contribution in [3.63, 3.8) is 0 Å². The molecule has 0 bridgehead atoms. The number of amides is 2. The second kappa shape index (κ2) is 13.4. The summed E-state index contributed by atoms with van der Waals surface area (Å²) in [5, 5.41) is 3.98. The van der Waals surface area contributed by atoms with Crippen molar-refractivity contribution in [1.29, 1.82) is 0 Å². The standard InChI is InChI=1S/C29H38N6O4/c1-2-17-38-24-6-4-23(5-7-24)32-29(36)35-13-11-34(12-14-35)28-26-9-8-25(21-27(26)30-22-31-28)39-18-3-10-33-15-19-37-20-16-33/h4-9,21-22H,2-3,10-20H2,1H3,(H,32,36). The van der Waals surface area contributed by atoms with E-state index in [-0.39, 0.29) is 6.03 Å². The minimum absolute atomic E-state index is 0.0974. The van der Waals surface area contributed by atoms with Gasteiger partial charge in [-0.05, 0) is 49.2 Å². The lowest BCUT2D eigenvalue weighted by Gasteiger charge is -2.35. The molecule has 0 aliphatic carbocycles. The van der Waals surface area contributed by atoms with Crippen LogP contribution in [0.1, 0.15) is 19.8 Å². The van der Waals surface area contributed by atoms with Crippen LogP contribution in [0.4, 0.5) is 16.3 Å². The molecule has 1 aromatic heterocycles. The maximum atomic E-state index is 12.8. The molecule has 2 aliphatic heterocycles. The minimum atomic E-state index is -0.0974. The van der Waals surface area contributed by atoms with Gasteiger partial charge in [0.2, 0.25) is 0 Å². The first-order chi connectivity index (χ1) is 19.2. The van der Waals surface area contributed by atoms with Gasteiger partial charge in [0, 0.05) is 63.0 Å². The Labute approximate surface area is 229 Å². The van der Waals surface area contributed by atoms with Gasteiger partial charge in [0.05, 0.1) is 31.9 Å². The van der Waals surface area contributed by atoms with Gasteiger partial charge in [-0.3, -0.25) is 4.90 Å². The average Bonchev–Trinajstić information content (AvgIpc) is 2.99. The maximum absolute atomic E-state index is 12.8. The van der Waals surface area contributed by atoms with E-state index in [9.17, 15) is 4.79 Å². The van der Waals surface area contributed by atoms with Gasteiger partial charge in [0.15, 0.2) is 0 Å². The van der Waals surface area contributed by atoms with Gasteiger partial charge in [-0.15, -0.1) is 0 Å². The van der Waals surface area contributed by atoms with E-state index in [1.165, 1.54) is 0 Å². The first-order valence-electron chi connectivity index (χ1n) is 13.9. The van der Waals surface area contributed by atoms with E-state index in [4.69, 9.17) is 14.2 Å². The van der Waals surface area contributed by atoms with Gasteiger partial charge in [-0.2, -0.15) is 0 Å². The summed E-state index contributed by atoms with van der Waals surface area (Å²) < 4.78 is 17.0. The second-order valence-electron chi connectivity index (χ2n) is 9.81. The van der Waals surface area contributed by atoms with Crippen LogP contribution in [0.15, 0.2) is 48.8 Å². The zero-order chi connectivity index (χ0) is 26.9. The highest BCUT2D eigenvalue weighted by Gasteiger charge is 2.23. The molecule has 10 heteroatoms. The zero-order valence-electron chi connectivity index (χ0n) is 22.7. The number of hydrogen-bond acceptors (Lipinski definition) is 8. The molecular weight excluding hydrogens is 496 g/mol. The molecule has 2 amide bonds. The molecule has 2 aromatic carbocycles. The fourth-order valence-corrected chi connectivity index (χ4v) is 4.85. The molecule has 2 fully saturated rings. The van der Waals surface area contributed by atoms with Crippen molar-refractivity contribution in [2.45, 2.75) is 19.8 Å². The molecule has 0 atom stereocenters. The average molecular weight is 535 g/mol. The highest BCUT2D eigenvalue weighted by molar-refractivity contribution is 5.91. The first-order valence-corrected chi connectivity index (χ1v) is 13.9. The van der Waals surface area contributed by atoms with Gasteiger partial charge in [0.1, 0.15) is 23.6 Å². The lowest BCUT2D eigenvalue weighted by atomic mass is 10.2. The summed E-state index contributed by atoms with van der Waals surface area (Å²) in [6.07, 6.45) is 3.54. The Morgan fingerprint density at radius 2 is 1.67 bits per heavy atom. The van der Waals surface area contributed by atoms with Crippen LogP contribution < -0.4 is 19.7 Å². The lowest BCUT2D eigenvalue weighted by Crippen LogP contribution is -2.50. The smallest absolute Gasteiger partial charge is 0.321 e. The van der Waals surface area contributed by atoms with E-state index in [1.807, 2.05) is 47.4 Å². The Morgan fingerprint density at radius 3 is 2.44 bits per heavy atom. The van der Waals surface area contributed by atoms with E-state index < -0.39 is 0 Å². The number of carbonyl (C=O) groups excluding carboxylic acids is 1. The normalized spacial score (nSPS) is 16.3. The lowest BCUT2D eigenvalue weighted by molar-refractivity contribution is 0.0358. The van der Waals surface area contributed by atoms with Crippen LogP contribution in [0.3, 0.4) is 0 Å². The number of benzene rings is 2. The van der Waals surface area contributed by atoms with Crippen LogP contribution in [-0.2, 0) is 4.74 Å². The summed E-state index contributed by atoms with van der Waals surface area (Å²) in [5.41, 5.74) is 1.62. The molecule has 208 valence electrons. The predicted octanol–water partition coefficient (Wildman–Crippen LogP) is 3.87. The van der Waals surface area contributed by atoms with Crippen molar-refractivity contribution in [2.24, 2.45) is 0 Å². The van der Waals surface area contributed by atoms with Gasteiger partial charge < -0.3 is 29.3 Å². The first kappa shape index (κ1) is 27.0. The Kier molecular flexibility index (Phi) is 9.29. The monoisotopic (exact) mass is 534 g/mol. The Morgan fingerprint density at radius 1 is 0.923 bits per heavy atom. The number of nitrogens with one attached hydrogen (secondary N) is 1. The molecule has 0 spiro atoms. The molecule has 1 N–H and O–H groups in total. The number of ether oxygens (including phenoxy) is 3. The van der Waals surface area contributed by atoms with Crippen molar-refractivity contribution >= 4 is 28.4 Å². The van der Waals surface area contributed by atoms with E-state index in [0.717, 1.165) is 79.6 Å². The predicted molar refractivity (Wildman–Crippen MR) is 152 cm³/mol. The van der Waals surface area contributed by atoms with E-state index >= 15 is 0 Å². The SMILES string of the molecule is CCCOc1ccc(NC(=O)N2CCN(c3ncnc4cc(OCCCN5CCOCC5)ccc34)CC2)cc1. The largest absolute Gasteiger partial charge is 0.494 e. The zero-order valence-corrected chi connectivity index (χ0v) is 22.7. The second-order valence-corrected chi connectivity index (χ2v) is 9.81. The molecule has 2 saturated heterocycles. The van der Waals surface area contributed by atoms with E-state index in [0.29, 0.717) is 39.4 Å². The molecule has 39 heavy (non-hydrogen) atoms. The maximum Gasteiger partial charge on any atom is 0.321 e.